The predicted molar refractivity (Wildman–Crippen MR) is 128 cm³/mol. The highest BCUT2D eigenvalue weighted by Gasteiger charge is 2.20. The van der Waals surface area contributed by atoms with E-state index in [-0.39, 0.29) is 36.0 Å². The molecule has 2 rings (SSSR count). The molecule has 0 spiro atoms. The Morgan fingerprint density at radius 2 is 2.07 bits per heavy atom. The summed E-state index contributed by atoms with van der Waals surface area (Å²) in [6.45, 7) is 8.58. The minimum atomic E-state index is -0.326. The summed E-state index contributed by atoms with van der Waals surface area (Å²) in [6, 6.07) is 5.96. The minimum absolute atomic E-state index is 0. The SMILES string of the molecule is CCOC(=O)c1sc(C(C)NC(=NC)NCc2ccc(OC)c(C)c2)nc1C.I. The lowest BCUT2D eigenvalue weighted by molar-refractivity contribution is 0.0531. The third-order valence-electron chi connectivity index (χ3n) is 4.14. The number of rotatable bonds is 7. The highest BCUT2D eigenvalue weighted by molar-refractivity contribution is 14.0. The van der Waals surface area contributed by atoms with Crippen LogP contribution in [0.25, 0.3) is 0 Å². The van der Waals surface area contributed by atoms with Crippen LogP contribution in [0.15, 0.2) is 23.2 Å². The Kier molecular flexibility index (Phi) is 10.4. The van der Waals surface area contributed by atoms with Crippen LogP contribution in [0.2, 0.25) is 0 Å². The topological polar surface area (TPSA) is 84.8 Å². The Morgan fingerprint density at radius 1 is 1.34 bits per heavy atom. The molecule has 0 saturated heterocycles. The van der Waals surface area contributed by atoms with Gasteiger partial charge in [-0.15, -0.1) is 35.3 Å². The van der Waals surface area contributed by atoms with Gasteiger partial charge in [-0.2, -0.15) is 0 Å². The smallest absolute Gasteiger partial charge is 0.350 e. The molecule has 0 aliphatic heterocycles. The van der Waals surface area contributed by atoms with Gasteiger partial charge in [0.1, 0.15) is 15.6 Å². The fourth-order valence-corrected chi connectivity index (χ4v) is 3.65. The molecule has 1 unspecified atom stereocenters. The first-order chi connectivity index (χ1) is 13.4. The van der Waals surface area contributed by atoms with Crippen molar-refractivity contribution in [2.45, 2.75) is 40.3 Å². The number of aromatic nitrogens is 1. The lowest BCUT2D eigenvalue weighted by Gasteiger charge is -2.16. The van der Waals surface area contributed by atoms with Crippen molar-refractivity contribution >= 4 is 47.2 Å². The summed E-state index contributed by atoms with van der Waals surface area (Å²) in [7, 11) is 3.39. The zero-order chi connectivity index (χ0) is 20.7. The molecule has 7 nitrogen and oxygen atoms in total. The van der Waals surface area contributed by atoms with Crippen LogP contribution in [0.3, 0.4) is 0 Å². The molecule has 0 amide bonds. The maximum atomic E-state index is 12.0. The van der Waals surface area contributed by atoms with Crippen molar-refractivity contribution in [2.75, 3.05) is 20.8 Å². The third-order valence-corrected chi connectivity index (χ3v) is 5.46. The van der Waals surface area contributed by atoms with Crippen molar-refractivity contribution in [3.05, 3.63) is 44.9 Å². The average molecular weight is 532 g/mol. The highest BCUT2D eigenvalue weighted by atomic mass is 127. The quantitative estimate of drug-likeness (QED) is 0.243. The summed E-state index contributed by atoms with van der Waals surface area (Å²) in [6.07, 6.45) is 0. The molecule has 0 fully saturated rings. The monoisotopic (exact) mass is 532 g/mol. The van der Waals surface area contributed by atoms with E-state index in [4.69, 9.17) is 9.47 Å². The first-order valence-corrected chi connectivity index (χ1v) is 9.96. The Bertz CT molecular complexity index is 854. The number of esters is 1. The second kappa shape index (κ2) is 12.0. The number of halogens is 1. The molecule has 1 heterocycles. The standard InChI is InChI=1S/C20H28N4O3S.HI/c1-7-27-19(25)17-13(3)23-18(28-17)14(4)24-20(21-5)22-11-15-8-9-16(26-6)12(2)10-15;/h8-10,14H,7,11H2,1-6H3,(H2,21,22,24);1H. The molecular weight excluding hydrogens is 503 g/mol. The van der Waals surface area contributed by atoms with E-state index in [2.05, 4.69) is 26.7 Å². The van der Waals surface area contributed by atoms with E-state index in [9.17, 15) is 4.79 Å². The van der Waals surface area contributed by atoms with Crippen molar-refractivity contribution in [2.24, 2.45) is 4.99 Å². The number of nitrogens with one attached hydrogen (secondary N) is 2. The molecule has 0 bridgehead atoms. The lowest BCUT2D eigenvalue weighted by Crippen LogP contribution is -2.38. The van der Waals surface area contributed by atoms with Gasteiger partial charge < -0.3 is 20.1 Å². The van der Waals surface area contributed by atoms with Crippen LogP contribution in [-0.4, -0.2) is 37.7 Å². The van der Waals surface area contributed by atoms with Gasteiger partial charge in [0.25, 0.3) is 0 Å². The number of ether oxygens (including phenoxy) is 2. The summed E-state index contributed by atoms with van der Waals surface area (Å²) in [4.78, 5) is 21.3. The van der Waals surface area contributed by atoms with E-state index >= 15 is 0 Å². The fraction of sp³-hybridized carbons (Fsp3) is 0.450. The predicted octanol–water partition coefficient (Wildman–Crippen LogP) is 3.99. The number of carbonyl (C=O) groups is 1. The zero-order valence-corrected chi connectivity index (χ0v) is 20.8. The summed E-state index contributed by atoms with van der Waals surface area (Å²) in [5.41, 5.74) is 2.90. The molecule has 2 N–H and O–H groups in total. The van der Waals surface area contributed by atoms with Crippen molar-refractivity contribution in [1.29, 1.82) is 0 Å². The molecule has 0 saturated carbocycles. The molecule has 9 heteroatoms. The van der Waals surface area contributed by atoms with Gasteiger partial charge >= 0.3 is 5.97 Å². The molecule has 29 heavy (non-hydrogen) atoms. The lowest BCUT2D eigenvalue weighted by atomic mass is 10.1. The number of thiazole rings is 1. The van der Waals surface area contributed by atoms with E-state index in [1.807, 2.05) is 32.9 Å². The Morgan fingerprint density at radius 3 is 2.66 bits per heavy atom. The average Bonchev–Trinajstić information content (AvgIpc) is 3.07. The van der Waals surface area contributed by atoms with Gasteiger partial charge in [-0.25, -0.2) is 9.78 Å². The molecular formula is C20H29IN4O3S. The van der Waals surface area contributed by atoms with Crippen LogP contribution in [0.4, 0.5) is 0 Å². The number of hydrogen-bond donors (Lipinski definition) is 2. The van der Waals surface area contributed by atoms with Gasteiger partial charge in [0, 0.05) is 13.6 Å². The van der Waals surface area contributed by atoms with Crippen LogP contribution in [0, 0.1) is 13.8 Å². The van der Waals surface area contributed by atoms with Gasteiger partial charge in [0.2, 0.25) is 0 Å². The Balaban J connectivity index is 0.00000420. The highest BCUT2D eigenvalue weighted by Crippen LogP contribution is 2.24. The number of guanidine groups is 1. The first-order valence-electron chi connectivity index (χ1n) is 9.14. The first kappa shape index (κ1) is 25.2. The maximum absolute atomic E-state index is 12.0. The van der Waals surface area contributed by atoms with Gasteiger partial charge in [-0.1, -0.05) is 12.1 Å². The largest absolute Gasteiger partial charge is 0.496 e. The number of hydrogen-bond acceptors (Lipinski definition) is 6. The number of benzene rings is 1. The number of methoxy groups -OCH3 is 1. The molecule has 0 aliphatic rings. The van der Waals surface area contributed by atoms with Crippen LogP contribution in [0.1, 0.15) is 51.4 Å². The summed E-state index contributed by atoms with van der Waals surface area (Å²) in [5, 5.41) is 7.42. The van der Waals surface area contributed by atoms with Crippen LogP contribution in [0.5, 0.6) is 5.75 Å². The van der Waals surface area contributed by atoms with Crippen LogP contribution in [-0.2, 0) is 11.3 Å². The summed E-state index contributed by atoms with van der Waals surface area (Å²) in [5.74, 6) is 1.20. The normalized spacial score (nSPS) is 12.0. The number of aryl methyl sites for hydroxylation is 2. The summed E-state index contributed by atoms with van der Waals surface area (Å²) < 4.78 is 10.4. The molecule has 0 radical (unpaired) electrons. The van der Waals surface area contributed by atoms with Gasteiger partial charge in [-0.05, 0) is 44.9 Å². The van der Waals surface area contributed by atoms with Crippen molar-refractivity contribution < 1.29 is 14.3 Å². The van der Waals surface area contributed by atoms with Crippen LogP contribution < -0.4 is 15.4 Å². The Labute approximate surface area is 193 Å². The second-order valence-electron chi connectivity index (χ2n) is 6.28. The maximum Gasteiger partial charge on any atom is 0.350 e. The van der Waals surface area contributed by atoms with Crippen molar-refractivity contribution in [1.82, 2.24) is 15.6 Å². The van der Waals surface area contributed by atoms with Gasteiger partial charge in [-0.3, -0.25) is 4.99 Å². The van der Waals surface area contributed by atoms with E-state index in [1.54, 1.807) is 21.1 Å². The van der Waals surface area contributed by atoms with Crippen LogP contribution >= 0.6 is 35.3 Å². The minimum Gasteiger partial charge on any atom is -0.496 e. The zero-order valence-electron chi connectivity index (χ0n) is 17.7. The van der Waals surface area contributed by atoms with E-state index < -0.39 is 0 Å². The van der Waals surface area contributed by atoms with E-state index in [0.29, 0.717) is 29.7 Å². The molecule has 1 atom stereocenters. The molecule has 0 aliphatic carbocycles. The number of aliphatic imine (C=N–C) groups is 1. The van der Waals surface area contributed by atoms with E-state index in [0.717, 1.165) is 21.9 Å². The second-order valence-corrected chi connectivity index (χ2v) is 7.31. The molecule has 1 aromatic carbocycles. The van der Waals surface area contributed by atoms with Crippen molar-refractivity contribution in [3.8, 4) is 5.75 Å². The molecule has 2 aromatic rings. The van der Waals surface area contributed by atoms with E-state index in [1.165, 1.54) is 11.3 Å². The van der Waals surface area contributed by atoms with Gasteiger partial charge in [0.15, 0.2) is 5.96 Å². The van der Waals surface area contributed by atoms with Crippen molar-refractivity contribution in [3.63, 3.8) is 0 Å². The molecule has 160 valence electrons. The van der Waals surface area contributed by atoms with Gasteiger partial charge in [0.05, 0.1) is 25.5 Å². The molecule has 1 aromatic heterocycles. The number of carbonyl (C=O) groups excluding carboxylic acids is 1. The number of nitrogens with zero attached hydrogens (tertiary/aromatic N) is 2. The third kappa shape index (κ3) is 6.84. The Hall–Kier alpha value is -1.88. The summed E-state index contributed by atoms with van der Waals surface area (Å²) >= 11 is 1.34. The fourth-order valence-electron chi connectivity index (χ4n) is 2.69.